The lowest BCUT2D eigenvalue weighted by molar-refractivity contribution is -0.116. The minimum Gasteiger partial charge on any atom is -0.495 e. The normalized spacial score (nSPS) is 10.9. The van der Waals surface area contributed by atoms with Crippen LogP contribution in [0.1, 0.15) is 17.7 Å². The van der Waals surface area contributed by atoms with Crippen LogP contribution in [0.4, 0.5) is 5.69 Å². The average molecular weight is 406 g/mol. The Labute approximate surface area is 166 Å². The average Bonchev–Trinajstić information content (AvgIpc) is 2.96. The zero-order valence-electron chi connectivity index (χ0n) is 16.0. The topological polar surface area (TPSA) is 95.6 Å². The highest BCUT2D eigenvalue weighted by molar-refractivity contribution is 6.32. The third-order valence-corrected chi connectivity index (χ3v) is 4.78. The van der Waals surface area contributed by atoms with Crippen molar-refractivity contribution >= 4 is 34.3 Å². The van der Waals surface area contributed by atoms with E-state index in [1.165, 1.54) is 25.1 Å². The maximum absolute atomic E-state index is 12.6. The number of furan rings is 1. The fraction of sp³-hybridized carbons (Fsp3) is 0.316. The van der Waals surface area contributed by atoms with Crippen molar-refractivity contribution in [1.29, 1.82) is 0 Å². The number of aryl methyl sites for hydroxylation is 3. The number of halogens is 1. The minimum atomic E-state index is -0.299. The van der Waals surface area contributed by atoms with E-state index in [2.05, 4.69) is 10.3 Å². The summed E-state index contributed by atoms with van der Waals surface area (Å²) in [4.78, 5) is 29.2. The molecule has 0 bridgehead atoms. The molecule has 1 amide bonds. The Kier molecular flexibility index (Phi) is 5.60. The van der Waals surface area contributed by atoms with Crippen molar-refractivity contribution in [3.05, 3.63) is 45.2 Å². The second-order valence-electron chi connectivity index (χ2n) is 6.19. The smallest absolute Gasteiger partial charge is 0.264 e. The largest absolute Gasteiger partial charge is 0.495 e. The van der Waals surface area contributed by atoms with Crippen molar-refractivity contribution in [2.45, 2.75) is 26.8 Å². The molecule has 0 unspecified atom stereocenters. The molecule has 0 saturated heterocycles. The van der Waals surface area contributed by atoms with Gasteiger partial charge in [-0.05, 0) is 19.9 Å². The molecule has 0 spiro atoms. The molecule has 3 rings (SSSR count). The van der Waals surface area contributed by atoms with Gasteiger partial charge in [0.2, 0.25) is 11.6 Å². The van der Waals surface area contributed by atoms with Gasteiger partial charge in [-0.25, -0.2) is 4.98 Å². The number of methoxy groups -OCH3 is 2. The second-order valence-corrected chi connectivity index (χ2v) is 6.60. The summed E-state index contributed by atoms with van der Waals surface area (Å²) in [6.45, 7) is 3.76. The van der Waals surface area contributed by atoms with Crippen LogP contribution in [-0.2, 0) is 11.3 Å². The molecule has 1 N–H and O–H groups in total. The number of benzene rings is 1. The molecule has 0 aliphatic heterocycles. The number of carbonyl (C=O) groups excluding carboxylic acids is 1. The number of rotatable bonds is 6. The number of hydrogen-bond acceptors (Lipinski definition) is 6. The van der Waals surface area contributed by atoms with E-state index in [1.54, 1.807) is 26.0 Å². The van der Waals surface area contributed by atoms with E-state index in [-0.39, 0.29) is 24.4 Å². The van der Waals surface area contributed by atoms with Crippen LogP contribution >= 0.6 is 11.6 Å². The number of hydrogen-bond donors (Lipinski definition) is 1. The Hall–Kier alpha value is -3.00. The summed E-state index contributed by atoms with van der Waals surface area (Å²) in [5, 5.41) is 3.51. The van der Waals surface area contributed by atoms with Gasteiger partial charge in [-0.2, -0.15) is 0 Å². The molecular weight excluding hydrogens is 386 g/mol. The lowest BCUT2D eigenvalue weighted by Gasteiger charge is -2.13. The molecule has 2 aromatic heterocycles. The van der Waals surface area contributed by atoms with Gasteiger partial charge in [-0.1, -0.05) is 11.6 Å². The monoisotopic (exact) mass is 405 g/mol. The molecule has 3 aromatic rings. The van der Waals surface area contributed by atoms with E-state index in [0.717, 1.165) is 5.56 Å². The molecule has 0 saturated carbocycles. The third kappa shape index (κ3) is 3.68. The number of nitrogens with zero attached hydrogens (tertiary/aromatic N) is 2. The standard InChI is InChI=1S/C19H20ClN3O5/c1-10-11(2)28-18-17(10)19(25)23(9-21-18)6-5-16(24)22-13-7-12(20)14(26-3)8-15(13)27-4/h7-9H,5-6H2,1-4H3,(H,22,24). The predicted molar refractivity (Wildman–Crippen MR) is 106 cm³/mol. The highest BCUT2D eigenvalue weighted by atomic mass is 35.5. The number of anilines is 1. The lowest BCUT2D eigenvalue weighted by Crippen LogP contribution is -2.23. The number of amides is 1. The van der Waals surface area contributed by atoms with Crippen LogP contribution in [0.2, 0.25) is 5.02 Å². The Bertz CT molecular complexity index is 1100. The number of fused-ring (bicyclic) bond motifs is 1. The fourth-order valence-electron chi connectivity index (χ4n) is 2.82. The first-order chi connectivity index (χ1) is 13.3. The summed E-state index contributed by atoms with van der Waals surface area (Å²) < 4.78 is 17.2. The molecule has 0 fully saturated rings. The van der Waals surface area contributed by atoms with Crippen molar-refractivity contribution in [1.82, 2.24) is 9.55 Å². The van der Waals surface area contributed by atoms with Crippen LogP contribution in [0.15, 0.2) is 27.7 Å². The molecule has 0 aliphatic rings. The first-order valence-corrected chi connectivity index (χ1v) is 8.90. The Balaban J connectivity index is 1.76. The molecule has 0 radical (unpaired) electrons. The van der Waals surface area contributed by atoms with Crippen LogP contribution in [-0.4, -0.2) is 29.7 Å². The Morgan fingerprint density at radius 1 is 1.25 bits per heavy atom. The fourth-order valence-corrected chi connectivity index (χ4v) is 3.06. The summed E-state index contributed by atoms with van der Waals surface area (Å²) in [7, 11) is 2.97. The number of nitrogens with one attached hydrogen (secondary N) is 1. The van der Waals surface area contributed by atoms with Gasteiger partial charge in [0.05, 0.1) is 24.9 Å². The molecule has 0 aliphatic carbocycles. The molecule has 1 aromatic carbocycles. The highest BCUT2D eigenvalue weighted by Crippen LogP contribution is 2.35. The first-order valence-electron chi connectivity index (χ1n) is 8.52. The third-order valence-electron chi connectivity index (χ3n) is 4.48. The molecule has 148 valence electrons. The van der Waals surface area contributed by atoms with Gasteiger partial charge in [0.1, 0.15) is 29.0 Å². The van der Waals surface area contributed by atoms with E-state index >= 15 is 0 Å². The summed E-state index contributed by atoms with van der Waals surface area (Å²) in [6.07, 6.45) is 1.45. The molecule has 8 nitrogen and oxygen atoms in total. The van der Waals surface area contributed by atoms with E-state index < -0.39 is 0 Å². The van der Waals surface area contributed by atoms with E-state index in [9.17, 15) is 9.59 Å². The Morgan fingerprint density at radius 2 is 1.96 bits per heavy atom. The van der Waals surface area contributed by atoms with Gasteiger partial charge in [0, 0.05) is 24.6 Å². The summed E-state index contributed by atoms with van der Waals surface area (Å²) >= 11 is 6.11. The molecule has 9 heteroatoms. The number of carbonyl (C=O) groups is 1. The summed E-state index contributed by atoms with van der Waals surface area (Å²) in [5.74, 6) is 1.21. The van der Waals surface area contributed by atoms with Crippen LogP contribution < -0.4 is 20.3 Å². The lowest BCUT2D eigenvalue weighted by atomic mass is 10.2. The van der Waals surface area contributed by atoms with Crippen LogP contribution in [0.3, 0.4) is 0 Å². The zero-order valence-corrected chi connectivity index (χ0v) is 16.7. The van der Waals surface area contributed by atoms with E-state index in [1.807, 2.05) is 0 Å². The van der Waals surface area contributed by atoms with Gasteiger partial charge >= 0.3 is 0 Å². The SMILES string of the molecule is COc1cc(OC)c(NC(=O)CCn2cnc3oc(C)c(C)c3c2=O)cc1Cl. The van der Waals surface area contributed by atoms with E-state index in [0.29, 0.717) is 39.1 Å². The van der Waals surface area contributed by atoms with Gasteiger partial charge in [0.25, 0.3) is 5.56 Å². The minimum absolute atomic E-state index is 0.0653. The van der Waals surface area contributed by atoms with Gasteiger partial charge in [-0.15, -0.1) is 0 Å². The van der Waals surface area contributed by atoms with Crippen LogP contribution in [0.5, 0.6) is 11.5 Å². The van der Waals surface area contributed by atoms with Crippen molar-refractivity contribution in [2.75, 3.05) is 19.5 Å². The van der Waals surface area contributed by atoms with Crippen LogP contribution in [0.25, 0.3) is 11.1 Å². The quantitative estimate of drug-likeness (QED) is 0.676. The maximum atomic E-state index is 12.6. The Morgan fingerprint density at radius 3 is 2.64 bits per heavy atom. The van der Waals surface area contributed by atoms with Gasteiger partial charge in [-0.3, -0.25) is 14.2 Å². The molecular formula is C19H20ClN3O5. The number of aromatic nitrogens is 2. The molecule has 2 heterocycles. The molecule has 28 heavy (non-hydrogen) atoms. The summed E-state index contributed by atoms with van der Waals surface area (Å²) in [6, 6.07) is 3.14. The van der Waals surface area contributed by atoms with Crippen molar-refractivity contribution in [3.8, 4) is 11.5 Å². The van der Waals surface area contributed by atoms with Gasteiger partial charge < -0.3 is 19.2 Å². The highest BCUT2D eigenvalue weighted by Gasteiger charge is 2.15. The first kappa shape index (κ1) is 19.8. The predicted octanol–water partition coefficient (Wildman–Crippen LogP) is 3.31. The molecule has 0 atom stereocenters. The zero-order chi connectivity index (χ0) is 20.4. The summed E-state index contributed by atoms with van der Waals surface area (Å²) in [5.41, 5.74) is 1.24. The van der Waals surface area contributed by atoms with Crippen molar-refractivity contribution in [3.63, 3.8) is 0 Å². The van der Waals surface area contributed by atoms with Crippen molar-refractivity contribution in [2.24, 2.45) is 0 Å². The van der Waals surface area contributed by atoms with Crippen LogP contribution in [0, 0.1) is 13.8 Å². The van der Waals surface area contributed by atoms with Gasteiger partial charge in [0.15, 0.2) is 0 Å². The number of ether oxygens (including phenoxy) is 2. The second kappa shape index (κ2) is 7.93. The van der Waals surface area contributed by atoms with E-state index in [4.69, 9.17) is 25.5 Å². The maximum Gasteiger partial charge on any atom is 0.264 e. The van der Waals surface area contributed by atoms with Crippen molar-refractivity contribution < 1.29 is 18.7 Å².